The van der Waals surface area contributed by atoms with Gasteiger partial charge in [0.25, 0.3) is 0 Å². The Morgan fingerprint density at radius 1 is 1.17 bits per heavy atom. The SMILES string of the molecule is CCc1nc2c(c(I)c1[C@H](O)c1ccc(C(F)(F)F)cc1)[C@@H](O[Si](C)(C)C(C)(C)C)CC(C)(C)C2. The number of rotatable bonds is 5. The molecule has 35 heavy (non-hydrogen) atoms. The monoisotopic (exact) mass is 619 g/mol. The summed E-state index contributed by atoms with van der Waals surface area (Å²) in [5.41, 5.74) is 3.22. The Bertz CT molecular complexity index is 1080. The normalized spacial score (nSPS) is 19.4. The van der Waals surface area contributed by atoms with Gasteiger partial charge in [-0.3, -0.25) is 4.98 Å². The number of aryl methyl sites for hydroxylation is 1. The van der Waals surface area contributed by atoms with Crippen molar-refractivity contribution in [3.05, 3.63) is 61.5 Å². The fraction of sp³-hybridized carbons (Fsp3) is 0.593. The van der Waals surface area contributed by atoms with E-state index < -0.39 is 26.2 Å². The molecule has 0 amide bonds. The van der Waals surface area contributed by atoms with Crippen molar-refractivity contribution in [2.45, 2.75) is 97.3 Å². The fourth-order valence-electron chi connectivity index (χ4n) is 4.47. The molecule has 0 fully saturated rings. The number of aliphatic hydroxyl groups excluding tert-OH is 1. The van der Waals surface area contributed by atoms with Crippen LogP contribution in [0.1, 0.15) is 93.8 Å². The predicted octanol–water partition coefficient (Wildman–Crippen LogP) is 8.38. The zero-order valence-electron chi connectivity index (χ0n) is 21.9. The van der Waals surface area contributed by atoms with E-state index in [0.717, 1.165) is 45.5 Å². The van der Waals surface area contributed by atoms with E-state index in [9.17, 15) is 18.3 Å². The number of hydrogen-bond donors (Lipinski definition) is 1. The molecule has 0 aliphatic heterocycles. The summed E-state index contributed by atoms with van der Waals surface area (Å²) in [6.07, 6.45) is -3.34. The minimum atomic E-state index is -4.42. The number of hydrogen-bond acceptors (Lipinski definition) is 3. The number of aliphatic hydroxyl groups is 1. The molecule has 8 heteroatoms. The molecule has 0 radical (unpaired) electrons. The molecule has 0 saturated carbocycles. The largest absolute Gasteiger partial charge is 0.416 e. The van der Waals surface area contributed by atoms with Gasteiger partial charge in [-0.05, 0) is 83.1 Å². The molecule has 0 bridgehead atoms. The first-order chi connectivity index (χ1) is 15.9. The van der Waals surface area contributed by atoms with Crippen molar-refractivity contribution in [3.63, 3.8) is 0 Å². The third kappa shape index (κ3) is 5.96. The number of halogens is 4. The number of fused-ring (bicyclic) bond motifs is 1. The van der Waals surface area contributed by atoms with Gasteiger partial charge in [0, 0.05) is 26.1 Å². The molecule has 0 saturated heterocycles. The minimum absolute atomic E-state index is 0.0225. The van der Waals surface area contributed by atoms with Gasteiger partial charge >= 0.3 is 6.18 Å². The Kier molecular flexibility index (Phi) is 7.94. The Balaban J connectivity index is 2.13. The predicted molar refractivity (Wildman–Crippen MR) is 145 cm³/mol. The van der Waals surface area contributed by atoms with Crippen molar-refractivity contribution in [2.24, 2.45) is 5.41 Å². The molecular formula is C27H37F3INO2Si. The number of nitrogens with zero attached hydrogens (tertiary/aromatic N) is 1. The summed E-state index contributed by atoms with van der Waals surface area (Å²) >= 11 is 2.29. The van der Waals surface area contributed by atoms with Crippen LogP contribution in [0.15, 0.2) is 24.3 Å². The molecule has 3 rings (SSSR count). The van der Waals surface area contributed by atoms with Gasteiger partial charge in [0.15, 0.2) is 8.32 Å². The van der Waals surface area contributed by atoms with E-state index in [1.807, 2.05) is 6.92 Å². The molecule has 194 valence electrons. The topological polar surface area (TPSA) is 42.4 Å². The van der Waals surface area contributed by atoms with Crippen LogP contribution in [0.2, 0.25) is 18.1 Å². The first-order valence-electron chi connectivity index (χ1n) is 12.1. The quantitative estimate of drug-likeness (QED) is 0.270. The summed E-state index contributed by atoms with van der Waals surface area (Å²) in [6, 6.07) is 4.76. The molecule has 2 aromatic rings. The van der Waals surface area contributed by atoms with E-state index in [0.29, 0.717) is 17.5 Å². The van der Waals surface area contributed by atoms with Gasteiger partial charge in [0.05, 0.1) is 11.7 Å². The molecule has 3 nitrogen and oxygen atoms in total. The summed E-state index contributed by atoms with van der Waals surface area (Å²) in [5, 5.41) is 11.4. The van der Waals surface area contributed by atoms with Crippen LogP contribution in [0.4, 0.5) is 13.2 Å². The second kappa shape index (κ2) is 9.72. The van der Waals surface area contributed by atoms with E-state index in [1.165, 1.54) is 12.1 Å². The van der Waals surface area contributed by atoms with E-state index in [2.05, 4.69) is 70.3 Å². The summed E-state index contributed by atoms with van der Waals surface area (Å²) < 4.78 is 47.0. The average molecular weight is 620 g/mol. The van der Waals surface area contributed by atoms with Gasteiger partial charge in [-0.25, -0.2) is 0 Å². The number of alkyl halides is 3. The Morgan fingerprint density at radius 3 is 2.23 bits per heavy atom. The molecule has 1 aliphatic carbocycles. The standard InChI is InChI=1S/C27H37F3INO2Si/c1-9-18-22(24(33)16-10-12-17(13-11-16)27(28,29)30)23(31)21-19(32-18)14-26(5,6)15-20(21)34-35(7,8)25(2,3)4/h10-13,20,24,33H,9,14-15H2,1-8H3/t20-,24+/m0/s1. The highest BCUT2D eigenvalue weighted by Gasteiger charge is 2.44. The van der Waals surface area contributed by atoms with Crippen LogP contribution in [0.5, 0.6) is 0 Å². The van der Waals surface area contributed by atoms with Gasteiger partial charge in [-0.15, -0.1) is 0 Å². The fourth-order valence-corrected chi connectivity index (χ4v) is 7.01. The van der Waals surface area contributed by atoms with Gasteiger partial charge in [0.2, 0.25) is 0 Å². The van der Waals surface area contributed by atoms with Crippen LogP contribution in [-0.2, 0) is 23.4 Å². The van der Waals surface area contributed by atoms with Crippen molar-refractivity contribution in [2.75, 3.05) is 0 Å². The lowest BCUT2D eigenvalue weighted by atomic mass is 9.74. The molecule has 2 atom stereocenters. The highest BCUT2D eigenvalue weighted by atomic mass is 127. The van der Waals surface area contributed by atoms with Gasteiger partial charge in [-0.1, -0.05) is 53.7 Å². The van der Waals surface area contributed by atoms with Crippen molar-refractivity contribution < 1.29 is 22.7 Å². The summed E-state index contributed by atoms with van der Waals surface area (Å²) in [6.45, 7) is 17.6. The first-order valence-corrected chi connectivity index (χ1v) is 16.1. The summed E-state index contributed by atoms with van der Waals surface area (Å²) in [4.78, 5) is 5.02. The van der Waals surface area contributed by atoms with Crippen LogP contribution >= 0.6 is 22.6 Å². The zero-order chi connectivity index (χ0) is 26.6. The number of aromatic nitrogens is 1. The van der Waals surface area contributed by atoms with E-state index >= 15 is 0 Å². The highest BCUT2D eigenvalue weighted by molar-refractivity contribution is 14.1. The zero-order valence-corrected chi connectivity index (χ0v) is 25.1. The van der Waals surface area contributed by atoms with Crippen molar-refractivity contribution >= 4 is 30.9 Å². The van der Waals surface area contributed by atoms with Gasteiger partial charge in [-0.2, -0.15) is 13.2 Å². The molecule has 1 heterocycles. The molecule has 0 spiro atoms. The molecule has 0 unspecified atom stereocenters. The summed E-state index contributed by atoms with van der Waals surface area (Å²) in [7, 11) is -2.10. The molecule has 1 aromatic carbocycles. The molecule has 1 aromatic heterocycles. The minimum Gasteiger partial charge on any atom is -0.410 e. The second-order valence-corrected chi connectivity index (χ2v) is 17.8. The van der Waals surface area contributed by atoms with Crippen LogP contribution < -0.4 is 0 Å². The Hall–Kier alpha value is -0.973. The van der Waals surface area contributed by atoms with Crippen LogP contribution in [-0.4, -0.2) is 18.4 Å². The smallest absolute Gasteiger partial charge is 0.410 e. The maximum atomic E-state index is 13.1. The van der Waals surface area contributed by atoms with Crippen molar-refractivity contribution in [1.29, 1.82) is 0 Å². The number of pyridine rings is 1. The first kappa shape index (κ1) is 28.6. The van der Waals surface area contributed by atoms with Crippen LogP contribution in [0, 0.1) is 8.99 Å². The lowest BCUT2D eigenvalue weighted by Gasteiger charge is -2.44. The van der Waals surface area contributed by atoms with Crippen molar-refractivity contribution in [3.8, 4) is 0 Å². The van der Waals surface area contributed by atoms with Crippen LogP contribution in [0.3, 0.4) is 0 Å². The van der Waals surface area contributed by atoms with E-state index in [-0.39, 0.29) is 16.6 Å². The van der Waals surface area contributed by atoms with Gasteiger partial charge < -0.3 is 9.53 Å². The molecular weight excluding hydrogens is 582 g/mol. The van der Waals surface area contributed by atoms with Gasteiger partial charge in [0.1, 0.15) is 6.10 Å². The van der Waals surface area contributed by atoms with Crippen molar-refractivity contribution in [1.82, 2.24) is 4.98 Å². The average Bonchev–Trinajstić information content (AvgIpc) is 2.70. The maximum absolute atomic E-state index is 13.1. The van der Waals surface area contributed by atoms with E-state index in [4.69, 9.17) is 9.41 Å². The molecule has 1 aliphatic rings. The van der Waals surface area contributed by atoms with Crippen LogP contribution in [0.25, 0.3) is 0 Å². The third-order valence-corrected chi connectivity index (χ3v) is 13.1. The third-order valence-electron chi connectivity index (χ3n) is 7.48. The summed E-state index contributed by atoms with van der Waals surface area (Å²) in [5.74, 6) is 0. The maximum Gasteiger partial charge on any atom is 0.416 e. The molecule has 1 N–H and O–H groups in total. The highest BCUT2D eigenvalue weighted by Crippen LogP contribution is 2.49. The number of benzene rings is 1. The lowest BCUT2D eigenvalue weighted by molar-refractivity contribution is -0.137. The lowest BCUT2D eigenvalue weighted by Crippen LogP contribution is -2.44. The second-order valence-electron chi connectivity index (χ2n) is 11.9. The Labute approximate surface area is 222 Å². The van der Waals surface area contributed by atoms with E-state index in [1.54, 1.807) is 0 Å². The Morgan fingerprint density at radius 2 is 1.74 bits per heavy atom.